The maximum atomic E-state index is 9.26. The maximum absolute atomic E-state index is 9.26. The third-order valence-electron chi connectivity index (χ3n) is 3.40. The average Bonchev–Trinajstić information content (AvgIpc) is 2.66. The molecular formula is C19H18O3. The van der Waals surface area contributed by atoms with Gasteiger partial charge in [0.05, 0.1) is 13.2 Å². The van der Waals surface area contributed by atoms with Crippen molar-refractivity contribution in [2.45, 2.75) is 13.8 Å². The molecule has 0 spiro atoms. The molecule has 0 aromatic heterocycles. The fourth-order valence-electron chi connectivity index (χ4n) is 2.09. The smallest absolute Gasteiger partial charge is 0.162 e. The number of hydrogen-bond acceptors (Lipinski definition) is 3. The second-order valence-corrected chi connectivity index (χ2v) is 6.20. The summed E-state index contributed by atoms with van der Waals surface area (Å²) in [5.74, 6) is 7.92. The Balaban J connectivity index is 1.83. The van der Waals surface area contributed by atoms with E-state index in [0.29, 0.717) is 13.2 Å². The summed E-state index contributed by atoms with van der Waals surface area (Å²) in [4.78, 5) is 0. The van der Waals surface area contributed by atoms with E-state index in [0.717, 1.165) is 22.6 Å². The van der Waals surface area contributed by atoms with Crippen LogP contribution in [0.4, 0.5) is 0 Å². The van der Waals surface area contributed by atoms with Crippen molar-refractivity contribution in [1.82, 2.24) is 0 Å². The van der Waals surface area contributed by atoms with Gasteiger partial charge in [-0.05, 0) is 42.5 Å². The highest BCUT2D eigenvalue weighted by molar-refractivity contribution is 5.51. The van der Waals surface area contributed by atoms with Crippen LogP contribution in [-0.4, -0.2) is 18.3 Å². The lowest BCUT2D eigenvalue weighted by Crippen LogP contribution is -2.26. The Bertz CT molecular complexity index is 734. The molecule has 112 valence electrons. The van der Waals surface area contributed by atoms with Crippen molar-refractivity contribution in [3.63, 3.8) is 0 Å². The lowest BCUT2D eigenvalue weighted by molar-refractivity contribution is 0.140. The molecule has 3 heteroatoms. The first kappa shape index (κ1) is 14.3. The molecule has 22 heavy (non-hydrogen) atoms. The number of ether oxygens (including phenoxy) is 2. The highest BCUT2D eigenvalue weighted by Crippen LogP contribution is 2.34. The topological polar surface area (TPSA) is 38.7 Å². The third kappa shape index (κ3) is 3.35. The SMILES string of the molecule is CC1(C)COc2ccc(C#Cc3ccc(O)cc3)cc2OC1. The molecule has 0 saturated carbocycles. The monoisotopic (exact) mass is 294 g/mol. The zero-order chi connectivity index (χ0) is 15.6. The van der Waals surface area contributed by atoms with Gasteiger partial charge in [0.2, 0.25) is 0 Å². The zero-order valence-electron chi connectivity index (χ0n) is 12.7. The van der Waals surface area contributed by atoms with Gasteiger partial charge in [0.15, 0.2) is 11.5 Å². The van der Waals surface area contributed by atoms with E-state index < -0.39 is 0 Å². The maximum Gasteiger partial charge on any atom is 0.162 e. The normalized spacial score (nSPS) is 15.4. The van der Waals surface area contributed by atoms with E-state index in [1.807, 2.05) is 18.2 Å². The van der Waals surface area contributed by atoms with Gasteiger partial charge in [0.1, 0.15) is 5.75 Å². The molecule has 1 heterocycles. The van der Waals surface area contributed by atoms with Gasteiger partial charge in [0.25, 0.3) is 0 Å². The fraction of sp³-hybridized carbons (Fsp3) is 0.263. The largest absolute Gasteiger partial charge is 0.508 e. The van der Waals surface area contributed by atoms with Crippen LogP contribution in [0.1, 0.15) is 25.0 Å². The van der Waals surface area contributed by atoms with Gasteiger partial charge in [-0.2, -0.15) is 0 Å². The predicted molar refractivity (Wildman–Crippen MR) is 85.3 cm³/mol. The van der Waals surface area contributed by atoms with E-state index in [1.165, 1.54) is 0 Å². The number of hydrogen-bond donors (Lipinski definition) is 1. The summed E-state index contributed by atoms with van der Waals surface area (Å²) >= 11 is 0. The summed E-state index contributed by atoms with van der Waals surface area (Å²) in [6, 6.07) is 12.6. The Morgan fingerprint density at radius 2 is 1.45 bits per heavy atom. The molecule has 2 aromatic rings. The van der Waals surface area contributed by atoms with Crippen molar-refractivity contribution in [1.29, 1.82) is 0 Å². The molecule has 1 aliphatic heterocycles. The van der Waals surface area contributed by atoms with E-state index >= 15 is 0 Å². The van der Waals surface area contributed by atoms with Gasteiger partial charge in [-0.3, -0.25) is 0 Å². The van der Waals surface area contributed by atoms with E-state index in [-0.39, 0.29) is 11.2 Å². The van der Waals surface area contributed by atoms with Gasteiger partial charge in [0, 0.05) is 16.5 Å². The molecular weight excluding hydrogens is 276 g/mol. The molecule has 1 N–H and O–H groups in total. The van der Waals surface area contributed by atoms with Crippen molar-refractivity contribution in [3.05, 3.63) is 53.6 Å². The number of benzene rings is 2. The molecule has 0 fully saturated rings. The van der Waals surface area contributed by atoms with Crippen LogP contribution in [0.3, 0.4) is 0 Å². The van der Waals surface area contributed by atoms with Crippen molar-refractivity contribution >= 4 is 0 Å². The summed E-state index contributed by atoms with van der Waals surface area (Å²) in [7, 11) is 0. The molecule has 0 radical (unpaired) electrons. The zero-order valence-corrected chi connectivity index (χ0v) is 12.7. The van der Waals surface area contributed by atoms with Crippen LogP contribution in [0, 0.1) is 17.3 Å². The van der Waals surface area contributed by atoms with Crippen molar-refractivity contribution < 1.29 is 14.6 Å². The Hall–Kier alpha value is -2.60. The minimum absolute atomic E-state index is 0.00307. The van der Waals surface area contributed by atoms with Gasteiger partial charge in [-0.25, -0.2) is 0 Å². The molecule has 3 rings (SSSR count). The molecule has 0 aliphatic carbocycles. The average molecular weight is 294 g/mol. The fourth-order valence-corrected chi connectivity index (χ4v) is 2.09. The lowest BCUT2D eigenvalue weighted by atomic mass is 9.97. The van der Waals surface area contributed by atoms with Crippen LogP contribution >= 0.6 is 0 Å². The molecule has 0 bridgehead atoms. The predicted octanol–water partition coefficient (Wildman–Crippen LogP) is 3.59. The molecule has 0 amide bonds. The molecule has 2 aromatic carbocycles. The highest BCUT2D eigenvalue weighted by atomic mass is 16.5. The Labute approximate surface area is 130 Å². The van der Waals surface area contributed by atoms with Crippen LogP contribution in [0.2, 0.25) is 0 Å². The minimum Gasteiger partial charge on any atom is -0.508 e. The lowest BCUT2D eigenvalue weighted by Gasteiger charge is -2.19. The first-order valence-corrected chi connectivity index (χ1v) is 7.23. The summed E-state index contributed by atoms with van der Waals surface area (Å²) in [6.45, 7) is 5.49. The molecule has 0 atom stereocenters. The molecule has 0 saturated heterocycles. The van der Waals surface area contributed by atoms with Gasteiger partial charge in [-0.15, -0.1) is 0 Å². The molecule has 0 unspecified atom stereocenters. The quantitative estimate of drug-likeness (QED) is 0.755. The van der Waals surface area contributed by atoms with E-state index in [1.54, 1.807) is 24.3 Å². The van der Waals surface area contributed by atoms with E-state index in [9.17, 15) is 5.11 Å². The van der Waals surface area contributed by atoms with Crippen LogP contribution in [-0.2, 0) is 0 Å². The third-order valence-corrected chi connectivity index (χ3v) is 3.40. The minimum atomic E-state index is -0.00307. The van der Waals surface area contributed by atoms with Crippen LogP contribution < -0.4 is 9.47 Å². The summed E-state index contributed by atoms with van der Waals surface area (Å²) < 4.78 is 11.6. The number of aromatic hydroxyl groups is 1. The van der Waals surface area contributed by atoms with Gasteiger partial charge < -0.3 is 14.6 Å². The highest BCUT2D eigenvalue weighted by Gasteiger charge is 2.25. The second kappa shape index (κ2) is 5.65. The van der Waals surface area contributed by atoms with Crippen molar-refractivity contribution in [3.8, 4) is 29.1 Å². The standard InChI is InChI=1S/C19H18O3/c1-19(2)12-21-17-10-7-15(11-18(17)22-13-19)4-3-14-5-8-16(20)9-6-14/h5-11,20H,12-13H2,1-2H3. The molecule has 1 aliphatic rings. The van der Waals surface area contributed by atoms with Crippen LogP contribution in [0.5, 0.6) is 17.2 Å². The van der Waals surface area contributed by atoms with Gasteiger partial charge in [-0.1, -0.05) is 25.7 Å². The summed E-state index contributed by atoms with van der Waals surface area (Å²) in [6.07, 6.45) is 0. The van der Waals surface area contributed by atoms with Crippen molar-refractivity contribution in [2.75, 3.05) is 13.2 Å². The number of fused-ring (bicyclic) bond motifs is 1. The van der Waals surface area contributed by atoms with E-state index in [4.69, 9.17) is 9.47 Å². The van der Waals surface area contributed by atoms with Crippen molar-refractivity contribution in [2.24, 2.45) is 5.41 Å². The summed E-state index contributed by atoms with van der Waals surface area (Å²) in [5.41, 5.74) is 1.72. The van der Waals surface area contributed by atoms with Crippen LogP contribution in [0.25, 0.3) is 0 Å². The number of phenolic OH excluding ortho intramolecular Hbond substituents is 1. The second-order valence-electron chi connectivity index (χ2n) is 6.20. The van der Waals surface area contributed by atoms with E-state index in [2.05, 4.69) is 25.7 Å². The molecule has 3 nitrogen and oxygen atoms in total. The van der Waals surface area contributed by atoms with Crippen LogP contribution in [0.15, 0.2) is 42.5 Å². The van der Waals surface area contributed by atoms with Gasteiger partial charge >= 0.3 is 0 Å². The Morgan fingerprint density at radius 1 is 0.864 bits per heavy atom. The number of phenols is 1. The Kier molecular flexibility index (Phi) is 3.68. The summed E-state index contributed by atoms with van der Waals surface area (Å²) in [5, 5.41) is 9.26. The first-order chi connectivity index (χ1) is 10.5. The Morgan fingerprint density at radius 3 is 2.18 bits per heavy atom. The first-order valence-electron chi connectivity index (χ1n) is 7.23. The number of rotatable bonds is 0.